The van der Waals surface area contributed by atoms with Gasteiger partial charge in [0.25, 0.3) is 0 Å². The maximum atomic E-state index is 12.9. The molecule has 20 heavy (non-hydrogen) atoms. The van der Waals surface area contributed by atoms with Gasteiger partial charge in [-0.1, -0.05) is 18.2 Å². The predicted octanol–water partition coefficient (Wildman–Crippen LogP) is 3.10. The molecule has 7 heteroatoms. The fraction of sp³-hybridized carbons (Fsp3) is 0.0769. The molecule has 3 nitrogen and oxygen atoms in total. The first-order valence-electron chi connectivity index (χ1n) is 5.47. The summed E-state index contributed by atoms with van der Waals surface area (Å²) >= 11 is 0. The predicted molar refractivity (Wildman–Crippen MR) is 65.2 cm³/mol. The summed E-state index contributed by atoms with van der Waals surface area (Å²) in [7, 11) is 0. The summed E-state index contributed by atoms with van der Waals surface area (Å²) in [4.78, 5) is 16.1. The topological polar surface area (TPSA) is 45.8 Å². The molecule has 0 bridgehead atoms. The van der Waals surface area contributed by atoms with E-state index in [0.717, 1.165) is 0 Å². The van der Waals surface area contributed by atoms with Crippen molar-refractivity contribution in [3.63, 3.8) is 0 Å². The number of benzene rings is 1. The van der Waals surface area contributed by atoms with E-state index in [1.54, 1.807) is 11.1 Å². The van der Waals surface area contributed by atoms with Gasteiger partial charge in [-0.25, -0.2) is 9.18 Å². The summed E-state index contributed by atoms with van der Waals surface area (Å²) < 4.78 is 50.4. The standard InChI is InChI=1S/C13H8F4N2O/c14-9-3-1-2-8(6-9)4-5-10-7-11(13(15,16)17)19-12(20)18-10/h1-7H,(H,18,19,20). The molecule has 0 aliphatic rings. The quantitative estimate of drug-likeness (QED) is 0.861. The first-order valence-corrected chi connectivity index (χ1v) is 5.47. The van der Waals surface area contributed by atoms with Crippen LogP contribution >= 0.6 is 0 Å². The Morgan fingerprint density at radius 1 is 1.15 bits per heavy atom. The lowest BCUT2D eigenvalue weighted by Gasteiger charge is -2.05. The number of aromatic nitrogens is 2. The third-order valence-corrected chi connectivity index (χ3v) is 2.37. The highest BCUT2D eigenvalue weighted by atomic mass is 19.4. The van der Waals surface area contributed by atoms with Gasteiger partial charge in [-0.2, -0.15) is 18.2 Å². The number of hydrogen-bond acceptors (Lipinski definition) is 2. The molecule has 1 heterocycles. The summed E-state index contributed by atoms with van der Waals surface area (Å²) in [5.74, 6) is -0.470. The Balaban J connectivity index is 2.34. The number of nitrogens with zero attached hydrogens (tertiary/aromatic N) is 1. The van der Waals surface area contributed by atoms with Gasteiger partial charge < -0.3 is 4.98 Å². The van der Waals surface area contributed by atoms with Crippen molar-refractivity contribution in [2.75, 3.05) is 0 Å². The van der Waals surface area contributed by atoms with Gasteiger partial charge in [-0.3, -0.25) is 0 Å². The number of aromatic amines is 1. The molecule has 1 aromatic heterocycles. The van der Waals surface area contributed by atoms with Gasteiger partial charge in [0.15, 0.2) is 0 Å². The number of halogens is 4. The van der Waals surface area contributed by atoms with Crippen LogP contribution in [0.3, 0.4) is 0 Å². The van der Waals surface area contributed by atoms with Crippen molar-refractivity contribution in [1.82, 2.24) is 9.97 Å². The highest BCUT2D eigenvalue weighted by Crippen LogP contribution is 2.26. The molecule has 104 valence electrons. The SMILES string of the molecule is O=c1nc(C=Cc2cccc(F)c2)cc(C(F)(F)F)[nH]1. The molecule has 1 N–H and O–H groups in total. The van der Waals surface area contributed by atoms with Gasteiger partial charge in [0.05, 0.1) is 5.69 Å². The lowest BCUT2D eigenvalue weighted by atomic mass is 10.2. The van der Waals surface area contributed by atoms with Crippen molar-refractivity contribution in [2.24, 2.45) is 0 Å². The van der Waals surface area contributed by atoms with Crippen LogP contribution in [0.4, 0.5) is 17.6 Å². The molecule has 2 aromatic rings. The largest absolute Gasteiger partial charge is 0.431 e. The molecule has 0 unspecified atom stereocenters. The van der Waals surface area contributed by atoms with E-state index in [2.05, 4.69) is 4.98 Å². The van der Waals surface area contributed by atoms with Gasteiger partial charge in [0, 0.05) is 0 Å². The third-order valence-electron chi connectivity index (χ3n) is 2.37. The first-order chi connectivity index (χ1) is 9.34. The zero-order chi connectivity index (χ0) is 14.8. The maximum Gasteiger partial charge on any atom is 0.431 e. The van der Waals surface area contributed by atoms with Gasteiger partial charge in [0.1, 0.15) is 11.5 Å². The number of nitrogens with one attached hydrogen (secondary N) is 1. The molecule has 0 spiro atoms. The lowest BCUT2D eigenvalue weighted by molar-refractivity contribution is -0.141. The van der Waals surface area contributed by atoms with Gasteiger partial charge >= 0.3 is 11.9 Å². The monoisotopic (exact) mass is 284 g/mol. The van der Waals surface area contributed by atoms with E-state index in [-0.39, 0.29) is 5.69 Å². The minimum atomic E-state index is -4.66. The fourth-order valence-electron chi connectivity index (χ4n) is 1.51. The molecule has 0 saturated heterocycles. The van der Waals surface area contributed by atoms with Crippen molar-refractivity contribution < 1.29 is 17.6 Å². The molecule has 0 aliphatic carbocycles. The van der Waals surface area contributed by atoms with Crippen LogP contribution in [0.2, 0.25) is 0 Å². The van der Waals surface area contributed by atoms with Crippen LogP contribution in [0.5, 0.6) is 0 Å². The number of hydrogen-bond donors (Lipinski definition) is 1. The average molecular weight is 284 g/mol. The number of alkyl halides is 3. The zero-order valence-electron chi connectivity index (χ0n) is 9.91. The Morgan fingerprint density at radius 2 is 1.90 bits per heavy atom. The normalized spacial score (nSPS) is 12.0. The summed E-state index contributed by atoms with van der Waals surface area (Å²) in [6.45, 7) is 0. The van der Waals surface area contributed by atoms with Crippen molar-refractivity contribution in [1.29, 1.82) is 0 Å². The summed E-state index contributed by atoms with van der Waals surface area (Å²) in [6, 6.07) is 6.18. The molecule has 0 saturated carbocycles. The zero-order valence-corrected chi connectivity index (χ0v) is 9.91. The van der Waals surface area contributed by atoms with Crippen LogP contribution in [-0.4, -0.2) is 9.97 Å². The summed E-state index contributed by atoms with van der Waals surface area (Å²) in [6.07, 6.45) is -2.09. The number of rotatable bonds is 2. The van der Waals surface area contributed by atoms with E-state index in [1.807, 2.05) is 0 Å². The molecule has 0 amide bonds. The molecule has 2 rings (SSSR count). The Labute approximate surface area is 110 Å². The van der Waals surface area contributed by atoms with E-state index < -0.39 is 23.4 Å². The molecule has 0 atom stereocenters. The van der Waals surface area contributed by atoms with Gasteiger partial charge in [0.2, 0.25) is 0 Å². The molecule has 0 radical (unpaired) electrons. The van der Waals surface area contributed by atoms with E-state index >= 15 is 0 Å². The molecule has 1 aromatic carbocycles. The van der Waals surface area contributed by atoms with Crippen LogP contribution in [0.15, 0.2) is 35.1 Å². The van der Waals surface area contributed by atoms with Crippen molar-refractivity contribution in [3.05, 3.63) is 63.6 Å². The first kappa shape index (κ1) is 14.0. The summed E-state index contributed by atoms with van der Waals surface area (Å²) in [5.41, 5.74) is -2.00. The summed E-state index contributed by atoms with van der Waals surface area (Å²) in [5, 5.41) is 0. The Kier molecular flexibility index (Phi) is 3.69. The third kappa shape index (κ3) is 3.53. The van der Waals surface area contributed by atoms with Crippen LogP contribution in [0, 0.1) is 5.82 Å². The van der Waals surface area contributed by atoms with Crippen LogP contribution in [0.25, 0.3) is 12.2 Å². The molecular weight excluding hydrogens is 276 g/mol. The Hall–Kier alpha value is -2.44. The van der Waals surface area contributed by atoms with Crippen molar-refractivity contribution in [2.45, 2.75) is 6.18 Å². The van der Waals surface area contributed by atoms with E-state index in [0.29, 0.717) is 11.6 Å². The van der Waals surface area contributed by atoms with E-state index in [9.17, 15) is 22.4 Å². The van der Waals surface area contributed by atoms with Gasteiger partial charge in [-0.15, -0.1) is 0 Å². The average Bonchev–Trinajstić information content (AvgIpc) is 2.35. The highest BCUT2D eigenvalue weighted by molar-refractivity contribution is 5.67. The van der Waals surface area contributed by atoms with E-state index in [4.69, 9.17) is 0 Å². The second-order valence-corrected chi connectivity index (χ2v) is 3.91. The Bertz CT molecular complexity index is 704. The molecule has 0 aliphatic heterocycles. The number of H-pyrrole nitrogens is 1. The van der Waals surface area contributed by atoms with Crippen molar-refractivity contribution in [3.8, 4) is 0 Å². The van der Waals surface area contributed by atoms with Crippen LogP contribution in [0.1, 0.15) is 17.0 Å². The van der Waals surface area contributed by atoms with E-state index in [1.165, 1.54) is 30.4 Å². The highest BCUT2D eigenvalue weighted by Gasteiger charge is 2.32. The van der Waals surface area contributed by atoms with Gasteiger partial charge in [-0.05, 0) is 29.8 Å². The smallest absolute Gasteiger partial charge is 0.302 e. The fourth-order valence-corrected chi connectivity index (χ4v) is 1.51. The van der Waals surface area contributed by atoms with Crippen LogP contribution in [-0.2, 0) is 6.18 Å². The Morgan fingerprint density at radius 3 is 2.55 bits per heavy atom. The molecular formula is C13H8F4N2O. The minimum Gasteiger partial charge on any atom is -0.302 e. The second-order valence-electron chi connectivity index (χ2n) is 3.91. The second kappa shape index (κ2) is 5.28. The van der Waals surface area contributed by atoms with Crippen LogP contribution < -0.4 is 5.69 Å². The molecule has 0 fully saturated rings. The minimum absolute atomic E-state index is 0.162. The lowest BCUT2D eigenvalue weighted by Crippen LogP contribution is -2.19. The van der Waals surface area contributed by atoms with Crippen molar-refractivity contribution >= 4 is 12.2 Å². The maximum absolute atomic E-state index is 12.9.